The van der Waals surface area contributed by atoms with Crippen molar-refractivity contribution in [2.75, 3.05) is 18.8 Å². The Bertz CT molecular complexity index is 1100. The highest BCUT2D eigenvalue weighted by Crippen LogP contribution is 2.22. The number of benzene rings is 1. The molecule has 1 aromatic carbocycles. The van der Waals surface area contributed by atoms with Crippen LogP contribution >= 0.6 is 0 Å². The predicted molar refractivity (Wildman–Crippen MR) is 111 cm³/mol. The third-order valence-corrected chi connectivity index (χ3v) is 6.69. The van der Waals surface area contributed by atoms with Gasteiger partial charge in [0.25, 0.3) is 0 Å². The standard InChI is InChI=1S/C11H14FNO2S.C9H11FN4/c12-10-5-4-8-13(9-10)16(14,15)11-6-2-1-3-7-11;1-5(2)7-3-6(10)8-4-12-9(11)13-14(7)8/h1-3,6-7,10H,4-5,8-9H2;3-5H,1-2H3,(H2,11,13). The lowest BCUT2D eigenvalue weighted by Gasteiger charge is -2.28. The molecule has 2 N–H and O–H groups in total. The number of aromatic nitrogens is 3. The Morgan fingerprint density at radius 1 is 1.23 bits per heavy atom. The van der Waals surface area contributed by atoms with E-state index in [0.29, 0.717) is 24.9 Å². The predicted octanol–water partition coefficient (Wildman–Crippen LogP) is 3.38. The summed E-state index contributed by atoms with van der Waals surface area (Å²) in [5.41, 5.74) is 6.60. The number of hydrogen-bond acceptors (Lipinski definition) is 5. The van der Waals surface area contributed by atoms with Crippen molar-refractivity contribution < 1.29 is 17.2 Å². The van der Waals surface area contributed by atoms with Crippen LogP contribution in [0.1, 0.15) is 38.3 Å². The van der Waals surface area contributed by atoms with Gasteiger partial charge in [-0.2, -0.15) is 4.31 Å². The number of hydrogen-bond donors (Lipinski definition) is 1. The Labute approximate surface area is 174 Å². The monoisotopic (exact) mass is 437 g/mol. The minimum absolute atomic E-state index is 0.0166. The molecule has 3 heterocycles. The maximum Gasteiger partial charge on any atom is 0.243 e. The number of sulfonamides is 1. The Balaban J connectivity index is 0.000000172. The van der Waals surface area contributed by atoms with Gasteiger partial charge in [0, 0.05) is 18.8 Å². The Kier molecular flexibility index (Phi) is 6.67. The summed E-state index contributed by atoms with van der Waals surface area (Å²) in [6.07, 6.45) is 1.41. The first kappa shape index (κ1) is 22.1. The zero-order valence-corrected chi connectivity index (χ0v) is 17.7. The lowest BCUT2D eigenvalue weighted by atomic mass is 10.1. The maximum atomic E-state index is 13.4. The highest BCUT2D eigenvalue weighted by atomic mass is 32.2. The molecular weight excluding hydrogens is 412 g/mol. The first-order valence-electron chi connectivity index (χ1n) is 9.69. The topological polar surface area (TPSA) is 93.6 Å². The summed E-state index contributed by atoms with van der Waals surface area (Å²) in [4.78, 5) is 3.99. The largest absolute Gasteiger partial charge is 0.367 e. The molecule has 4 rings (SSSR count). The van der Waals surface area contributed by atoms with Gasteiger partial charge in [0.1, 0.15) is 11.7 Å². The average molecular weight is 438 g/mol. The molecule has 162 valence electrons. The summed E-state index contributed by atoms with van der Waals surface area (Å²) in [7, 11) is -3.50. The van der Waals surface area contributed by atoms with Crippen LogP contribution in [0.5, 0.6) is 0 Å². The van der Waals surface area contributed by atoms with E-state index in [1.54, 1.807) is 18.2 Å². The smallest absolute Gasteiger partial charge is 0.243 e. The van der Waals surface area contributed by atoms with Gasteiger partial charge >= 0.3 is 0 Å². The molecule has 0 amide bonds. The normalized spacial score (nSPS) is 17.7. The van der Waals surface area contributed by atoms with Gasteiger partial charge in [0.2, 0.25) is 16.0 Å². The average Bonchev–Trinajstić information content (AvgIpc) is 3.05. The summed E-state index contributed by atoms with van der Waals surface area (Å²) < 4.78 is 53.4. The van der Waals surface area contributed by atoms with E-state index in [1.165, 1.54) is 33.2 Å². The van der Waals surface area contributed by atoms with Crippen LogP contribution in [0.25, 0.3) is 5.52 Å². The fourth-order valence-corrected chi connectivity index (χ4v) is 4.78. The van der Waals surface area contributed by atoms with E-state index in [9.17, 15) is 17.2 Å². The van der Waals surface area contributed by atoms with Crippen molar-refractivity contribution in [1.82, 2.24) is 18.9 Å². The van der Waals surface area contributed by atoms with E-state index in [1.807, 2.05) is 13.8 Å². The minimum atomic E-state index is -3.50. The van der Waals surface area contributed by atoms with Gasteiger partial charge in [-0.25, -0.2) is 26.7 Å². The lowest BCUT2D eigenvalue weighted by molar-refractivity contribution is 0.203. The number of nitrogen functional groups attached to an aromatic ring is 1. The molecule has 1 unspecified atom stereocenters. The fraction of sp³-hybridized carbons (Fsp3) is 0.400. The molecule has 0 aliphatic carbocycles. The molecular formula is C20H25F2N5O2S. The van der Waals surface area contributed by atoms with E-state index in [-0.39, 0.29) is 29.1 Å². The number of alkyl halides is 1. The summed E-state index contributed by atoms with van der Waals surface area (Å²) in [5, 5.41) is 3.96. The van der Waals surface area contributed by atoms with Gasteiger partial charge in [0.15, 0.2) is 5.82 Å². The van der Waals surface area contributed by atoms with Gasteiger partial charge in [-0.1, -0.05) is 32.0 Å². The van der Waals surface area contributed by atoms with E-state index in [4.69, 9.17) is 5.73 Å². The van der Waals surface area contributed by atoms with Crippen LogP contribution in [-0.2, 0) is 10.0 Å². The second-order valence-corrected chi connectivity index (χ2v) is 9.34. The van der Waals surface area contributed by atoms with Crippen molar-refractivity contribution in [2.45, 2.75) is 43.7 Å². The van der Waals surface area contributed by atoms with Crippen LogP contribution in [0.2, 0.25) is 0 Å². The van der Waals surface area contributed by atoms with E-state index >= 15 is 0 Å². The summed E-state index contributed by atoms with van der Waals surface area (Å²) >= 11 is 0. The van der Waals surface area contributed by atoms with E-state index in [0.717, 1.165) is 5.69 Å². The van der Waals surface area contributed by atoms with Crippen LogP contribution in [0, 0.1) is 5.82 Å². The Morgan fingerprint density at radius 3 is 2.57 bits per heavy atom. The molecule has 2 aromatic heterocycles. The zero-order valence-electron chi connectivity index (χ0n) is 16.9. The first-order valence-corrected chi connectivity index (χ1v) is 11.1. The second kappa shape index (κ2) is 9.05. The van der Waals surface area contributed by atoms with E-state index in [2.05, 4.69) is 10.1 Å². The van der Waals surface area contributed by atoms with Crippen LogP contribution in [0.3, 0.4) is 0 Å². The molecule has 10 heteroatoms. The number of nitrogens with zero attached hydrogens (tertiary/aromatic N) is 4. The number of fused-ring (bicyclic) bond motifs is 1. The van der Waals surface area contributed by atoms with Crippen LogP contribution in [0.15, 0.2) is 47.5 Å². The van der Waals surface area contributed by atoms with Gasteiger partial charge in [0.05, 0.1) is 11.1 Å². The zero-order chi connectivity index (χ0) is 21.9. The van der Waals surface area contributed by atoms with Crippen LogP contribution < -0.4 is 5.73 Å². The number of anilines is 1. The molecule has 1 fully saturated rings. The van der Waals surface area contributed by atoms with Gasteiger partial charge < -0.3 is 5.73 Å². The molecule has 1 atom stereocenters. The van der Waals surface area contributed by atoms with Crippen molar-refractivity contribution in [2.24, 2.45) is 0 Å². The summed E-state index contributed by atoms with van der Waals surface area (Å²) in [6, 6.07) is 9.64. The molecule has 1 aliphatic heterocycles. The van der Waals surface area contributed by atoms with E-state index < -0.39 is 16.2 Å². The molecule has 0 saturated carbocycles. The Morgan fingerprint density at radius 2 is 1.93 bits per heavy atom. The van der Waals surface area contributed by atoms with Crippen molar-refractivity contribution in [3.63, 3.8) is 0 Å². The number of halogens is 2. The molecule has 3 aromatic rings. The molecule has 1 aliphatic rings. The second-order valence-electron chi connectivity index (χ2n) is 7.40. The van der Waals surface area contributed by atoms with Crippen molar-refractivity contribution >= 4 is 21.5 Å². The van der Waals surface area contributed by atoms with Crippen LogP contribution in [-0.4, -0.2) is 46.6 Å². The fourth-order valence-electron chi connectivity index (χ4n) is 3.25. The molecule has 1 saturated heterocycles. The first-order chi connectivity index (χ1) is 14.2. The molecule has 7 nitrogen and oxygen atoms in total. The summed E-state index contributed by atoms with van der Waals surface area (Å²) in [5.74, 6) is 0.0324. The maximum absolute atomic E-state index is 13.4. The third-order valence-electron chi connectivity index (χ3n) is 4.81. The van der Waals surface area contributed by atoms with Crippen molar-refractivity contribution in [1.29, 1.82) is 0 Å². The number of rotatable bonds is 3. The SMILES string of the molecule is CC(C)c1cc(F)c2cnc(N)nn12.O=S(=O)(c1ccccc1)N1CCCC(F)C1. The Hall–Kier alpha value is -2.59. The van der Waals surface area contributed by atoms with Gasteiger partial charge in [-0.15, -0.1) is 5.10 Å². The molecule has 0 radical (unpaired) electrons. The van der Waals surface area contributed by atoms with Crippen molar-refractivity contribution in [3.8, 4) is 0 Å². The molecule has 0 spiro atoms. The lowest BCUT2D eigenvalue weighted by Crippen LogP contribution is -2.40. The molecule has 0 bridgehead atoms. The minimum Gasteiger partial charge on any atom is -0.367 e. The number of nitrogens with two attached hydrogens (primary N) is 1. The highest BCUT2D eigenvalue weighted by molar-refractivity contribution is 7.89. The van der Waals surface area contributed by atoms with Gasteiger partial charge in [-0.05, 0) is 37.0 Å². The quantitative estimate of drug-likeness (QED) is 0.678. The van der Waals surface area contributed by atoms with Gasteiger partial charge in [-0.3, -0.25) is 0 Å². The van der Waals surface area contributed by atoms with Crippen LogP contribution in [0.4, 0.5) is 14.7 Å². The highest BCUT2D eigenvalue weighted by Gasteiger charge is 2.29. The summed E-state index contributed by atoms with van der Waals surface area (Å²) in [6.45, 7) is 4.34. The van der Waals surface area contributed by atoms with Crippen molar-refractivity contribution in [3.05, 3.63) is 54.1 Å². The third kappa shape index (κ3) is 4.76. The molecule has 30 heavy (non-hydrogen) atoms. The number of piperidine rings is 1.